The zero-order valence-electron chi connectivity index (χ0n) is 21.2. The fourth-order valence-corrected chi connectivity index (χ4v) is 6.37. The zero-order chi connectivity index (χ0) is 26.2. The van der Waals surface area contributed by atoms with E-state index < -0.39 is 0 Å². The van der Waals surface area contributed by atoms with Gasteiger partial charge in [-0.25, -0.2) is 4.98 Å². The average Bonchev–Trinajstić information content (AvgIpc) is 3.33. The highest BCUT2D eigenvalue weighted by Gasteiger charge is 2.29. The van der Waals surface area contributed by atoms with Gasteiger partial charge in [0.25, 0.3) is 5.91 Å². The van der Waals surface area contributed by atoms with Crippen molar-refractivity contribution in [2.24, 2.45) is 0 Å². The van der Waals surface area contributed by atoms with Crippen LogP contribution in [0.5, 0.6) is 0 Å². The molecule has 0 aliphatic carbocycles. The van der Waals surface area contributed by atoms with E-state index in [-0.39, 0.29) is 29.4 Å². The van der Waals surface area contributed by atoms with Crippen molar-refractivity contribution in [2.45, 2.75) is 6.92 Å². The lowest BCUT2D eigenvalue weighted by molar-refractivity contribution is -0.144. The molecule has 3 aromatic heterocycles. The molecule has 0 unspecified atom stereocenters. The van der Waals surface area contributed by atoms with Crippen LogP contribution >= 0.6 is 11.3 Å². The van der Waals surface area contributed by atoms with E-state index in [9.17, 15) is 14.4 Å². The number of para-hydroxylation sites is 1. The minimum atomic E-state index is -0.300. The SMILES string of the molecule is CCOC(=O)CN1CCN(C(=O)c2c(=O)c3ccc(N4CCOCC4)nc3n3c2sc2ccccc23)CC1. The summed E-state index contributed by atoms with van der Waals surface area (Å²) < 4.78 is 13.5. The van der Waals surface area contributed by atoms with Crippen molar-refractivity contribution in [1.29, 1.82) is 0 Å². The third-order valence-electron chi connectivity index (χ3n) is 7.14. The Morgan fingerprint density at radius 1 is 1.03 bits per heavy atom. The van der Waals surface area contributed by atoms with E-state index in [1.807, 2.05) is 39.6 Å². The van der Waals surface area contributed by atoms with E-state index in [0.717, 1.165) is 29.1 Å². The summed E-state index contributed by atoms with van der Waals surface area (Å²) in [6.07, 6.45) is 0. The number of aromatic nitrogens is 2. The van der Waals surface area contributed by atoms with Crippen LogP contribution in [-0.4, -0.2) is 96.7 Å². The summed E-state index contributed by atoms with van der Waals surface area (Å²) in [7, 11) is 0. The molecule has 1 amide bonds. The molecule has 2 fully saturated rings. The molecule has 5 heterocycles. The zero-order valence-corrected chi connectivity index (χ0v) is 22.0. The van der Waals surface area contributed by atoms with Gasteiger partial charge in [-0.3, -0.25) is 23.7 Å². The van der Waals surface area contributed by atoms with Crippen LogP contribution in [0.25, 0.3) is 26.1 Å². The summed E-state index contributed by atoms with van der Waals surface area (Å²) in [6, 6.07) is 11.6. The van der Waals surface area contributed by atoms with Crippen molar-refractivity contribution in [3.8, 4) is 0 Å². The Balaban J connectivity index is 1.41. The number of pyridine rings is 2. The largest absolute Gasteiger partial charge is 0.465 e. The highest BCUT2D eigenvalue weighted by atomic mass is 32.1. The van der Waals surface area contributed by atoms with Crippen molar-refractivity contribution >= 4 is 55.1 Å². The number of esters is 1. The third-order valence-corrected chi connectivity index (χ3v) is 8.29. The quantitative estimate of drug-likeness (QED) is 0.359. The number of amides is 1. The standard InChI is InChI=1S/C27H29N5O5S/c1-2-37-22(33)17-29-9-11-31(12-10-29)26(35)23-24(34)18-7-8-21(30-13-15-36-16-14-30)28-25(18)32-19-5-3-4-6-20(19)38-27(23)32/h3-8H,2,9-17H2,1H3. The molecule has 0 spiro atoms. The van der Waals surface area contributed by atoms with Crippen molar-refractivity contribution in [2.75, 3.05) is 70.5 Å². The maximum Gasteiger partial charge on any atom is 0.320 e. The number of benzene rings is 1. The van der Waals surface area contributed by atoms with Crippen LogP contribution in [0.15, 0.2) is 41.2 Å². The number of fused-ring (bicyclic) bond motifs is 5. The lowest BCUT2D eigenvalue weighted by atomic mass is 10.1. The fraction of sp³-hybridized carbons (Fsp3) is 0.407. The second-order valence-electron chi connectivity index (χ2n) is 9.43. The van der Waals surface area contributed by atoms with Crippen LogP contribution in [0.1, 0.15) is 17.3 Å². The first kappa shape index (κ1) is 24.8. The van der Waals surface area contributed by atoms with Crippen LogP contribution in [0.3, 0.4) is 0 Å². The minimum Gasteiger partial charge on any atom is -0.465 e. The molecule has 2 saturated heterocycles. The molecule has 0 saturated carbocycles. The molecule has 11 heteroatoms. The Morgan fingerprint density at radius 3 is 2.55 bits per heavy atom. The molecule has 2 aliphatic rings. The van der Waals surface area contributed by atoms with Gasteiger partial charge >= 0.3 is 5.97 Å². The number of morpholine rings is 1. The van der Waals surface area contributed by atoms with Gasteiger partial charge in [0.15, 0.2) is 5.65 Å². The second-order valence-corrected chi connectivity index (χ2v) is 10.5. The van der Waals surface area contributed by atoms with Gasteiger partial charge in [-0.1, -0.05) is 12.1 Å². The predicted molar refractivity (Wildman–Crippen MR) is 146 cm³/mol. The highest BCUT2D eigenvalue weighted by molar-refractivity contribution is 7.24. The number of thiazole rings is 1. The maximum absolute atomic E-state index is 13.9. The maximum atomic E-state index is 13.9. The molecule has 0 radical (unpaired) electrons. The number of nitrogens with zero attached hydrogens (tertiary/aromatic N) is 5. The van der Waals surface area contributed by atoms with E-state index in [4.69, 9.17) is 14.5 Å². The van der Waals surface area contributed by atoms with E-state index in [0.29, 0.717) is 61.9 Å². The van der Waals surface area contributed by atoms with Crippen molar-refractivity contribution < 1.29 is 19.1 Å². The van der Waals surface area contributed by atoms with Crippen molar-refractivity contribution in [1.82, 2.24) is 19.2 Å². The van der Waals surface area contributed by atoms with Gasteiger partial charge < -0.3 is 19.3 Å². The molecule has 1 aromatic carbocycles. The molecule has 10 nitrogen and oxygen atoms in total. The number of piperazine rings is 1. The Morgan fingerprint density at radius 2 is 1.79 bits per heavy atom. The molecular weight excluding hydrogens is 506 g/mol. The number of ether oxygens (including phenoxy) is 2. The summed E-state index contributed by atoms with van der Waals surface area (Å²) in [5, 5.41) is 0.423. The van der Waals surface area contributed by atoms with Gasteiger partial charge in [-0.05, 0) is 31.2 Å². The number of hydrogen-bond donors (Lipinski definition) is 0. The number of rotatable bonds is 5. The van der Waals surface area contributed by atoms with Crippen LogP contribution in [0.4, 0.5) is 5.82 Å². The van der Waals surface area contributed by atoms with E-state index in [1.54, 1.807) is 17.9 Å². The van der Waals surface area contributed by atoms with Gasteiger partial charge in [0, 0.05) is 39.3 Å². The topological polar surface area (TPSA) is 96.7 Å². The Kier molecular flexibility index (Phi) is 6.73. The smallest absolute Gasteiger partial charge is 0.320 e. The normalized spacial score (nSPS) is 17.0. The first-order valence-electron chi connectivity index (χ1n) is 12.9. The molecule has 4 aromatic rings. The third kappa shape index (κ3) is 4.40. The molecule has 38 heavy (non-hydrogen) atoms. The number of carbonyl (C=O) groups is 2. The molecular formula is C27H29N5O5S. The summed E-state index contributed by atoms with van der Waals surface area (Å²) >= 11 is 1.44. The molecule has 198 valence electrons. The molecule has 0 N–H and O–H groups in total. The first-order valence-corrected chi connectivity index (χ1v) is 13.7. The number of carbonyl (C=O) groups excluding carboxylic acids is 2. The van der Waals surface area contributed by atoms with Crippen molar-refractivity contribution in [3.63, 3.8) is 0 Å². The lowest BCUT2D eigenvalue weighted by Gasteiger charge is -2.34. The molecule has 0 bridgehead atoms. The molecule has 2 aliphatic heterocycles. The Hall–Kier alpha value is -3.54. The summed E-state index contributed by atoms with van der Waals surface area (Å²) in [5.74, 6) is 0.242. The number of anilines is 1. The minimum absolute atomic E-state index is 0.179. The summed E-state index contributed by atoms with van der Waals surface area (Å²) in [5.41, 5.74) is 1.35. The highest BCUT2D eigenvalue weighted by Crippen LogP contribution is 2.32. The Labute approximate surface area is 223 Å². The van der Waals surface area contributed by atoms with Gasteiger partial charge in [0.05, 0.1) is 42.0 Å². The Bertz CT molecular complexity index is 1580. The van der Waals surface area contributed by atoms with Gasteiger partial charge in [0.2, 0.25) is 5.43 Å². The van der Waals surface area contributed by atoms with E-state index in [2.05, 4.69) is 4.90 Å². The van der Waals surface area contributed by atoms with E-state index in [1.165, 1.54) is 11.3 Å². The molecule has 0 atom stereocenters. The lowest BCUT2D eigenvalue weighted by Crippen LogP contribution is -2.50. The molecule has 6 rings (SSSR count). The monoisotopic (exact) mass is 535 g/mol. The van der Waals surface area contributed by atoms with Gasteiger partial charge in [-0.15, -0.1) is 11.3 Å². The van der Waals surface area contributed by atoms with Gasteiger partial charge in [-0.2, -0.15) is 0 Å². The first-order chi connectivity index (χ1) is 18.5. The van der Waals surface area contributed by atoms with Gasteiger partial charge in [0.1, 0.15) is 16.2 Å². The van der Waals surface area contributed by atoms with Crippen LogP contribution in [0.2, 0.25) is 0 Å². The summed E-state index contributed by atoms with van der Waals surface area (Å²) in [4.78, 5) is 51.0. The van der Waals surface area contributed by atoms with Crippen LogP contribution < -0.4 is 10.3 Å². The van der Waals surface area contributed by atoms with Crippen LogP contribution in [-0.2, 0) is 14.3 Å². The van der Waals surface area contributed by atoms with Crippen molar-refractivity contribution in [3.05, 3.63) is 52.2 Å². The number of hydrogen-bond acceptors (Lipinski definition) is 9. The summed E-state index contributed by atoms with van der Waals surface area (Å²) in [6.45, 7) is 7.02. The predicted octanol–water partition coefficient (Wildman–Crippen LogP) is 2.22. The fourth-order valence-electron chi connectivity index (χ4n) is 5.19. The second kappa shape index (κ2) is 10.3. The van der Waals surface area contributed by atoms with E-state index >= 15 is 0 Å². The average molecular weight is 536 g/mol. The van der Waals surface area contributed by atoms with Crippen LogP contribution in [0, 0.1) is 0 Å².